The zero-order valence-electron chi connectivity index (χ0n) is 9.46. The van der Waals surface area contributed by atoms with Crippen LogP contribution in [0.3, 0.4) is 0 Å². The van der Waals surface area contributed by atoms with E-state index in [1.54, 1.807) is 6.07 Å². The van der Waals surface area contributed by atoms with Gasteiger partial charge in [0.2, 0.25) is 0 Å². The van der Waals surface area contributed by atoms with Crippen LogP contribution in [-0.2, 0) is 4.74 Å². The molecule has 0 aromatic carbocycles. The predicted octanol–water partition coefficient (Wildman–Crippen LogP) is -0.768. The maximum atomic E-state index is 12.0. The van der Waals surface area contributed by atoms with Gasteiger partial charge in [-0.3, -0.25) is 9.36 Å². The Balaban J connectivity index is 2.69. The van der Waals surface area contributed by atoms with Crippen LogP contribution in [0.15, 0.2) is 10.9 Å². The van der Waals surface area contributed by atoms with Gasteiger partial charge >= 0.3 is 0 Å². The van der Waals surface area contributed by atoms with Crippen LogP contribution in [0.25, 0.3) is 0 Å². The summed E-state index contributed by atoms with van der Waals surface area (Å²) in [5.41, 5.74) is 5.38. The van der Waals surface area contributed by atoms with Crippen molar-refractivity contribution in [3.05, 3.63) is 27.5 Å². The summed E-state index contributed by atoms with van der Waals surface area (Å²) in [4.78, 5) is 12.0. The number of nitrogens with one attached hydrogen (secondary N) is 1. The summed E-state index contributed by atoms with van der Waals surface area (Å²) < 4.78 is 6.21. The van der Waals surface area contributed by atoms with E-state index in [4.69, 9.17) is 21.1 Å². The van der Waals surface area contributed by atoms with Gasteiger partial charge in [0.25, 0.3) is 5.56 Å². The van der Waals surface area contributed by atoms with Gasteiger partial charge in [0.15, 0.2) is 0 Å². The van der Waals surface area contributed by atoms with Crippen LogP contribution in [0, 0.1) is 16.7 Å². The van der Waals surface area contributed by atoms with Gasteiger partial charge in [0.05, 0.1) is 19.3 Å². The van der Waals surface area contributed by atoms with Crippen molar-refractivity contribution in [3.63, 3.8) is 0 Å². The molecule has 1 fully saturated rings. The number of aliphatic hydroxyl groups is 1. The highest BCUT2D eigenvalue weighted by Crippen LogP contribution is 2.22. The zero-order valence-corrected chi connectivity index (χ0v) is 9.46. The van der Waals surface area contributed by atoms with Gasteiger partial charge < -0.3 is 21.0 Å². The van der Waals surface area contributed by atoms with Crippen molar-refractivity contribution in [2.45, 2.75) is 12.1 Å². The largest absolute Gasteiger partial charge is 0.388 e. The van der Waals surface area contributed by atoms with Crippen molar-refractivity contribution in [1.82, 2.24) is 4.57 Å². The molecule has 94 valence electrons. The Labute approximate surface area is 103 Å². The van der Waals surface area contributed by atoms with Crippen LogP contribution >= 0.6 is 0 Å². The lowest BCUT2D eigenvalue weighted by molar-refractivity contribution is 0.119. The van der Waals surface area contributed by atoms with Crippen molar-refractivity contribution in [2.24, 2.45) is 0 Å². The highest BCUT2D eigenvalue weighted by molar-refractivity contribution is 5.84. The van der Waals surface area contributed by atoms with E-state index in [0.717, 1.165) is 10.8 Å². The Morgan fingerprint density at radius 2 is 2.39 bits per heavy atom. The monoisotopic (exact) mass is 248 g/mol. The summed E-state index contributed by atoms with van der Waals surface area (Å²) >= 11 is 0. The Morgan fingerprint density at radius 1 is 1.67 bits per heavy atom. The highest BCUT2D eigenvalue weighted by Gasteiger charge is 2.31. The number of anilines is 1. The lowest BCUT2D eigenvalue weighted by Crippen LogP contribution is -2.35. The summed E-state index contributed by atoms with van der Waals surface area (Å²) in [5.74, 6) is 0.0588. The van der Waals surface area contributed by atoms with Gasteiger partial charge in [-0.1, -0.05) is 0 Å². The second kappa shape index (κ2) is 4.60. The van der Waals surface area contributed by atoms with E-state index in [9.17, 15) is 9.90 Å². The second-order valence-corrected chi connectivity index (χ2v) is 4.00. The third-order valence-electron chi connectivity index (χ3n) is 2.93. The number of aromatic nitrogens is 1. The molecule has 0 saturated carbocycles. The molecule has 1 aromatic rings. The molecule has 1 saturated heterocycles. The molecule has 4 N–H and O–H groups in total. The maximum absolute atomic E-state index is 12.0. The van der Waals surface area contributed by atoms with E-state index in [-0.39, 0.29) is 30.2 Å². The number of aliphatic hydroxyl groups excluding tert-OH is 1. The first-order chi connectivity index (χ1) is 8.60. The van der Waals surface area contributed by atoms with Crippen LogP contribution in [-0.4, -0.2) is 35.2 Å². The third kappa shape index (κ3) is 1.77. The number of nitrogen functional groups attached to an aromatic ring is 1. The SMILES string of the molecule is N#Cc1cc(C=N)c(N)n(C2COCC2O)c1=O. The van der Waals surface area contributed by atoms with Crippen LogP contribution in [0.2, 0.25) is 0 Å². The van der Waals surface area contributed by atoms with Crippen LogP contribution < -0.4 is 11.3 Å². The summed E-state index contributed by atoms with van der Waals surface area (Å²) in [6, 6.07) is 2.41. The molecule has 0 spiro atoms. The number of nitrogens with zero attached hydrogens (tertiary/aromatic N) is 2. The topological polar surface area (TPSA) is 125 Å². The summed E-state index contributed by atoms with van der Waals surface area (Å²) in [7, 11) is 0. The molecule has 0 radical (unpaired) electrons. The summed E-state index contributed by atoms with van der Waals surface area (Å²) in [6.07, 6.45) is 0.117. The first kappa shape index (κ1) is 12.3. The molecule has 2 unspecified atom stereocenters. The zero-order chi connectivity index (χ0) is 13.3. The molecule has 2 heterocycles. The molecule has 2 atom stereocenters. The van der Waals surface area contributed by atoms with Crippen LogP contribution in [0.1, 0.15) is 17.2 Å². The van der Waals surface area contributed by atoms with E-state index in [1.807, 2.05) is 0 Å². The fourth-order valence-electron chi connectivity index (χ4n) is 1.97. The molecule has 0 amide bonds. The minimum Gasteiger partial charge on any atom is -0.388 e. The Bertz CT molecular complexity index is 587. The van der Waals surface area contributed by atoms with Crippen molar-refractivity contribution < 1.29 is 9.84 Å². The van der Waals surface area contributed by atoms with E-state index in [0.29, 0.717) is 0 Å². The smallest absolute Gasteiger partial charge is 0.270 e. The van der Waals surface area contributed by atoms with E-state index >= 15 is 0 Å². The normalized spacial score (nSPS) is 22.7. The van der Waals surface area contributed by atoms with Gasteiger partial charge in [-0.2, -0.15) is 5.26 Å². The molecular formula is C11H12N4O3. The molecule has 1 aliphatic heterocycles. The molecule has 1 aliphatic rings. The molecule has 2 rings (SSSR count). The number of nitrogens with two attached hydrogens (primary N) is 1. The molecule has 0 bridgehead atoms. The van der Waals surface area contributed by atoms with E-state index in [1.165, 1.54) is 6.07 Å². The molecule has 18 heavy (non-hydrogen) atoms. The fourth-order valence-corrected chi connectivity index (χ4v) is 1.97. The number of nitriles is 1. The first-order valence-corrected chi connectivity index (χ1v) is 5.31. The van der Waals surface area contributed by atoms with Gasteiger partial charge in [0.1, 0.15) is 23.6 Å². The quantitative estimate of drug-likeness (QED) is 0.593. The average Bonchev–Trinajstić information content (AvgIpc) is 2.76. The van der Waals surface area contributed by atoms with Gasteiger partial charge in [-0.15, -0.1) is 0 Å². The van der Waals surface area contributed by atoms with E-state index < -0.39 is 17.7 Å². The van der Waals surface area contributed by atoms with Crippen molar-refractivity contribution in [1.29, 1.82) is 10.7 Å². The lowest BCUT2D eigenvalue weighted by Gasteiger charge is -2.19. The molecule has 1 aromatic heterocycles. The van der Waals surface area contributed by atoms with Crippen molar-refractivity contribution >= 4 is 12.0 Å². The Morgan fingerprint density at radius 3 is 2.89 bits per heavy atom. The molecular weight excluding hydrogens is 236 g/mol. The Hall–Kier alpha value is -2.17. The van der Waals surface area contributed by atoms with Crippen LogP contribution in [0.4, 0.5) is 5.82 Å². The fraction of sp³-hybridized carbons (Fsp3) is 0.364. The Kier molecular flexibility index (Phi) is 3.14. The summed E-state index contributed by atoms with van der Waals surface area (Å²) in [5, 5.41) is 25.8. The first-order valence-electron chi connectivity index (χ1n) is 5.31. The van der Waals surface area contributed by atoms with Gasteiger partial charge in [-0.25, -0.2) is 0 Å². The molecule has 7 heteroatoms. The number of hydrogen-bond donors (Lipinski definition) is 3. The minimum absolute atomic E-state index is 0.0588. The third-order valence-corrected chi connectivity index (χ3v) is 2.93. The standard InChI is InChI=1S/C11H12N4O3/c12-2-6-1-7(3-13)11(17)15(10(6)14)8-4-18-5-9(8)16/h1-2,8-9,12,16H,4-5,14H2. The summed E-state index contributed by atoms with van der Waals surface area (Å²) in [6.45, 7) is 0.269. The minimum atomic E-state index is -0.850. The lowest BCUT2D eigenvalue weighted by atomic mass is 10.1. The second-order valence-electron chi connectivity index (χ2n) is 4.00. The van der Waals surface area contributed by atoms with Crippen molar-refractivity contribution in [2.75, 3.05) is 18.9 Å². The van der Waals surface area contributed by atoms with Crippen molar-refractivity contribution in [3.8, 4) is 6.07 Å². The number of hydrogen-bond acceptors (Lipinski definition) is 6. The molecule has 0 aliphatic carbocycles. The maximum Gasteiger partial charge on any atom is 0.270 e. The average molecular weight is 248 g/mol. The van der Waals surface area contributed by atoms with Gasteiger partial charge in [0, 0.05) is 11.8 Å². The van der Waals surface area contributed by atoms with E-state index in [2.05, 4.69) is 0 Å². The number of rotatable bonds is 2. The van der Waals surface area contributed by atoms with Crippen LogP contribution in [0.5, 0.6) is 0 Å². The number of pyridine rings is 1. The van der Waals surface area contributed by atoms with Gasteiger partial charge in [-0.05, 0) is 6.07 Å². The highest BCUT2D eigenvalue weighted by atomic mass is 16.5. The number of ether oxygens (including phenoxy) is 1. The molecule has 7 nitrogen and oxygen atoms in total. The predicted molar refractivity (Wildman–Crippen MR) is 63.6 cm³/mol.